The average Bonchev–Trinajstić information content (AvgIpc) is 2.68. The Kier molecular flexibility index (Phi) is 4.48. The van der Waals surface area contributed by atoms with Gasteiger partial charge in [-0.3, -0.25) is 0 Å². The fourth-order valence-electron chi connectivity index (χ4n) is 2.96. The SMILES string of the molecule is Nc1nc(CCc2ccc(Oc3ccccc3)cc2)c2ccccc2n1. The number of anilines is 1. The standard InChI is InChI=1S/C22H19N3O/c23-22-24-20-9-5-4-8-19(20)21(25-22)15-12-16-10-13-18(14-11-16)26-17-6-2-1-3-7-17/h1-11,13-14H,12,15H2,(H2,23,24,25). The minimum Gasteiger partial charge on any atom is -0.457 e. The van der Waals surface area contributed by atoms with Crippen molar-refractivity contribution in [1.29, 1.82) is 0 Å². The number of nitrogen functional groups attached to an aromatic ring is 1. The van der Waals surface area contributed by atoms with E-state index in [-0.39, 0.29) is 0 Å². The predicted octanol–water partition coefficient (Wildman–Crippen LogP) is 4.79. The van der Waals surface area contributed by atoms with Gasteiger partial charge in [0.05, 0.1) is 11.2 Å². The van der Waals surface area contributed by atoms with E-state index >= 15 is 0 Å². The third kappa shape index (κ3) is 3.64. The van der Waals surface area contributed by atoms with Crippen LogP contribution < -0.4 is 10.5 Å². The van der Waals surface area contributed by atoms with Gasteiger partial charge in [-0.15, -0.1) is 0 Å². The monoisotopic (exact) mass is 341 g/mol. The molecule has 0 unspecified atom stereocenters. The lowest BCUT2D eigenvalue weighted by atomic mass is 10.0. The molecule has 0 aliphatic carbocycles. The summed E-state index contributed by atoms with van der Waals surface area (Å²) in [6, 6.07) is 25.9. The number of nitrogens with zero attached hydrogens (tertiary/aromatic N) is 2. The van der Waals surface area contributed by atoms with E-state index < -0.39 is 0 Å². The van der Waals surface area contributed by atoms with Crippen LogP contribution in [-0.4, -0.2) is 9.97 Å². The molecule has 0 aliphatic rings. The number of ether oxygens (including phenoxy) is 1. The molecule has 0 bridgehead atoms. The Balaban J connectivity index is 1.47. The van der Waals surface area contributed by atoms with Gasteiger partial charge in [0.2, 0.25) is 5.95 Å². The van der Waals surface area contributed by atoms with Crippen molar-refractivity contribution in [3.05, 3.63) is 90.1 Å². The van der Waals surface area contributed by atoms with Gasteiger partial charge in [-0.2, -0.15) is 0 Å². The van der Waals surface area contributed by atoms with Crippen molar-refractivity contribution < 1.29 is 4.74 Å². The van der Waals surface area contributed by atoms with Gasteiger partial charge >= 0.3 is 0 Å². The zero-order chi connectivity index (χ0) is 17.8. The topological polar surface area (TPSA) is 61.0 Å². The zero-order valence-electron chi connectivity index (χ0n) is 14.3. The van der Waals surface area contributed by atoms with Crippen LogP contribution in [0, 0.1) is 0 Å². The Morgan fingerprint density at radius 3 is 2.19 bits per heavy atom. The van der Waals surface area contributed by atoms with E-state index in [9.17, 15) is 0 Å². The van der Waals surface area contributed by atoms with Gasteiger partial charge in [-0.05, 0) is 48.7 Å². The molecule has 0 fully saturated rings. The quantitative estimate of drug-likeness (QED) is 0.567. The van der Waals surface area contributed by atoms with Crippen molar-refractivity contribution in [3.63, 3.8) is 0 Å². The van der Waals surface area contributed by atoms with Crippen LogP contribution in [0.25, 0.3) is 10.9 Å². The summed E-state index contributed by atoms with van der Waals surface area (Å²) in [5.74, 6) is 1.99. The zero-order valence-corrected chi connectivity index (χ0v) is 14.3. The van der Waals surface area contributed by atoms with Crippen LogP contribution in [0.4, 0.5) is 5.95 Å². The lowest BCUT2D eigenvalue weighted by Crippen LogP contribution is -2.02. The third-order valence-electron chi connectivity index (χ3n) is 4.25. The second kappa shape index (κ2) is 7.23. The molecule has 26 heavy (non-hydrogen) atoms. The maximum atomic E-state index is 5.85. The minimum absolute atomic E-state index is 0.324. The number of rotatable bonds is 5. The molecule has 0 saturated heterocycles. The molecule has 2 N–H and O–H groups in total. The summed E-state index contributed by atoms with van der Waals surface area (Å²) < 4.78 is 5.83. The van der Waals surface area contributed by atoms with Crippen LogP contribution >= 0.6 is 0 Å². The van der Waals surface area contributed by atoms with Crippen molar-refractivity contribution in [2.45, 2.75) is 12.8 Å². The van der Waals surface area contributed by atoms with E-state index in [4.69, 9.17) is 10.5 Å². The fraction of sp³-hybridized carbons (Fsp3) is 0.0909. The molecule has 0 amide bonds. The van der Waals surface area contributed by atoms with Gasteiger partial charge in [0.25, 0.3) is 0 Å². The molecule has 0 saturated carbocycles. The number of aromatic nitrogens is 2. The minimum atomic E-state index is 0.324. The Hall–Kier alpha value is -3.40. The summed E-state index contributed by atoms with van der Waals surface area (Å²) in [6.07, 6.45) is 1.69. The molecule has 3 aromatic carbocycles. The third-order valence-corrected chi connectivity index (χ3v) is 4.25. The van der Waals surface area contributed by atoms with E-state index in [1.54, 1.807) is 0 Å². The van der Waals surface area contributed by atoms with E-state index in [1.807, 2.05) is 66.7 Å². The first-order valence-electron chi connectivity index (χ1n) is 8.61. The molecular weight excluding hydrogens is 322 g/mol. The highest BCUT2D eigenvalue weighted by Gasteiger charge is 2.06. The summed E-state index contributed by atoms with van der Waals surface area (Å²) in [5, 5.41) is 1.06. The molecule has 1 heterocycles. The number of hydrogen-bond donors (Lipinski definition) is 1. The highest BCUT2D eigenvalue weighted by molar-refractivity contribution is 5.81. The summed E-state index contributed by atoms with van der Waals surface area (Å²) in [5.41, 5.74) is 8.95. The first-order valence-corrected chi connectivity index (χ1v) is 8.61. The number of fused-ring (bicyclic) bond motifs is 1. The predicted molar refractivity (Wildman–Crippen MR) is 104 cm³/mol. The summed E-state index contributed by atoms with van der Waals surface area (Å²) in [4.78, 5) is 8.72. The van der Waals surface area contributed by atoms with E-state index in [2.05, 4.69) is 22.1 Å². The molecule has 4 nitrogen and oxygen atoms in total. The van der Waals surface area contributed by atoms with Crippen LogP contribution in [0.1, 0.15) is 11.3 Å². The first-order chi connectivity index (χ1) is 12.8. The van der Waals surface area contributed by atoms with Crippen molar-refractivity contribution in [2.24, 2.45) is 0 Å². The van der Waals surface area contributed by atoms with Gasteiger partial charge in [-0.1, -0.05) is 48.5 Å². The molecule has 0 radical (unpaired) electrons. The van der Waals surface area contributed by atoms with Gasteiger partial charge < -0.3 is 10.5 Å². The number of aryl methyl sites for hydroxylation is 2. The molecular formula is C22H19N3O. The van der Waals surface area contributed by atoms with Gasteiger partial charge in [0.1, 0.15) is 11.5 Å². The lowest BCUT2D eigenvalue weighted by Gasteiger charge is -2.08. The molecule has 4 rings (SSSR count). The number of para-hydroxylation sites is 2. The Morgan fingerprint density at radius 1 is 0.692 bits per heavy atom. The number of benzene rings is 3. The first kappa shape index (κ1) is 16.1. The lowest BCUT2D eigenvalue weighted by molar-refractivity contribution is 0.482. The van der Waals surface area contributed by atoms with Crippen molar-refractivity contribution in [1.82, 2.24) is 9.97 Å². The normalized spacial score (nSPS) is 10.8. The Bertz CT molecular complexity index is 1010. The molecule has 4 heteroatoms. The van der Waals surface area contributed by atoms with Gasteiger partial charge in [0.15, 0.2) is 0 Å². The molecule has 4 aromatic rings. The van der Waals surface area contributed by atoms with E-state index in [0.717, 1.165) is 40.9 Å². The van der Waals surface area contributed by atoms with Crippen molar-refractivity contribution in [3.8, 4) is 11.5 Å². The highest BCUT2D eigenvalue weighted by atomic mass is 16.5. The molecule has 1 aromatic heterocycles. The summed E-state index contributed by atoms with van der Waals surface area (Å²) in [7, 11) is 0. The Labute approximate surface area is 152 Å². The maximum absolute atomic E-state index is 5.85. The van der Waals surface area contributed by atoms with Crippen molar-refractivity contribution >= 4 is 16.9 Å². The van der Waals surface area contributed by atoms with E-state index in [1.165, 1.54) is 5.56 Å². The second-order valence-corrected chi connectivity index (χ2v) is 6.10. The smallest absolute Gasteiger partial charge is 0.220 e. The van der Waals surface area contributed by atoms with Gasteiger partial charge in [-0.25, -0.2) is 9.97 Å². The number of nitrogens with two attached hydrogens (primary N) is 1. The summed E-state index contributed by atoms with van der Waals surface area (Å²) >= 11 is 0. The van der Waals surface area contributed by atoms with Crippen molar-refractivity contribution in [2.75, 3.05) is 5.73 Å². The summed E-state index contributed by atoms with van der Waals surface area (Å²) in [6.45, 7) is 0. The largest absolute Gasteiger partial charge is 0.457 e. The van der Waals surface area contributed by atoms with Crippen LogP contribution in [-0.2, 0) is 12.8 Å². The maximum Gasteiger partial charge on any atom is 0.220 e. The van der Waals surface area contributed by atoms with E-state index in [0.29, 0.717) is 5.95 Å². The molecule has 0 spiro atoms. The van der Waals surface area contributed by atoms with Crippen LogP contribution in [0.2, 0.25) is 0 Å². The van der Waals surface area contributed by atoms with Gasteiger partial charge in [0, 0.05) is 5.39 Å². The average molecular weight is 341 g/mol. The Morgan fingerprint density at radius 2 is 1.38 bits per heavy atom. The fourth-order valence-corrected chi connectivity index (χ4v) is 2.96. The molecule has 0 aliphatic heterocycles. The van der Waals surface area contributed by atoms with Crippen LogP contribution in [0.15, 0.2) is 78.9 Å². The van der Waals surface area contributed by atoms with Crippen LogP contribution in [0.5, 0.6) is 11.5 Å². The molecule has 128 valence electrons. The van der Waals surface area contributed by atoms with Crippen LogP contribution in [0.3, 0.4) is 0 Å². The molecule has 0 atom stereocenters. The number of hydrogen-bond acceptors (Lipinski definition) is 4. The highest BCUT2D eigenvalue weighted by Crippen LogP contribution is 2.22. The second-order valence-electron chi connectivity index (χ2n) is 6.10.